The number of halogens is 2. The van der Waals surface area contributed by atoms with Crippen LogP contribution in [-0.4, -0.2) is 15.0 Å². The Hall–Kier alpha value is -1.23. The van der Waals surface area contributed by atoms with Gasteiger partial charge in [0, 0.05) is 18.1 Å². The number of fused-ring (bicyclic) bond motifs is 1. The molecule has 0 aliphatic carbocycles. The van der Waals surface area contributed by atoms with E-state index in [4.69, 9.17) is 23.2 Å². The lowest BCUT2D eigenvalue weighted by atomic mass is 10.3. The Morgan fingerprint density at radius 3 is 2.63 bits per heavy atom. The second-order valence-corrected chi connectivity index (χ2v) is 5.75. The Balaban J connectivity index is 1.82. The maximum atomic E-state index is 5.98. The van der Waals surface area contributed by atoms with Crippen molar-refractivity contribution in [1.29, 1.82) is 0 Å². The second-order valence-electron chi connectivity index (χ2n) is 3.97. The molecule has 6 heteroatoms. The standard InChI is InChI=1S/C13H9Cl2N3S/c14-9-5-11-12(6-10(9)15)18-13(17-11)19-7-8-1-3-16-4-2-8/h1-6H,7H2,(H,17,18). The zero-order valence-electron chi connectivity index (χ0n) is 9.73. The first-order chi connectivity index (χ1) is 9.22. The van der Waals surface area contributed by atoms with Crippen molar-refractivity contribution in [3.63, 3.8) is 0 Å². The minimum absolute atomic E-state index is 0.520. The number of rotatable bonds is 3. The van der Waals surface area contributed by atoms with Crippen LogP contribution in [0.2, 0.25) is 10.0 Å². The summed E-state index contributed by atoms with van der Waals surface area (Å²) in [6.45, 7) is 0. The van der Waals surface area contributed by atoms with Gasteiger partial charge in [-0.05, 0) is 29.8 Å². The quantitative estimate of drug-likeness (QED) is 0.721. The maximum absolute atomic E-state index is 5.98. The van der Waals surface area contributed by atoms with E-state index in [0.29, 0.717) is 10.0 Å². The normalized spacial score (nSPS) is 11.1. The molecule has 0 atom stereocenters. The van der Waals surface area contributed by atoms with Gasteiger partial charge in [-0.3, -0.25) is 4.98 Å². The highest BCUT2D eigenvalue weighted by Gasteiger charge is 2.07. The van der Waals surface area contributed by atoms with Crippen LogP contribution in [0.25, 0.3) is 11.0 Å². The molecule has 3 aromatic rings. The third-order valence-corrected chi connectivity index (χ3v) is 4.29. The molecule has 0 amide bonds. The van der Waals surface area contributed by atoms with Gasteiger partial charge < -0.3 is 4.98 Å². The zero-order valence-corrected chi connectivity index (χ0v) is 12.1. The third-order valence-electron chi connectivity index (χ3n) is 2.63. The molecule has 1 N–H and O–H groups in total. The van der Waals surface area contributed by atoms with Gasteiger partial charge in [-0.2, -0.15) is 0 Å². The minimum atomic E-state index is 0.520. The van der Waals surface area contributed by atoms with E-state index >= 15 is 0 Å². The number of aromatic nitrogens is 3. The van der Waals surface area contributed by atoms with Crippen molar-refractivity contribution in [2.24, 2.45) is 0 Å². The third kappa shape index (κ3) is 2.86. The number of pyridine rings is 1. The van der Waals surface area contributed by atoms with Crippen LogP contribution < -0.4 is 0 Å². The number of imidazole rings is 1. The van der Waals surface area contributed by atoms with E-state index < -0.39 is 0 Å². The number of aromatic amines is 1. The highest BCUT2D eigenvalue weighted by molar-refractivity contribution is 7.98. The molecule has 1 aromatic carbocycles. The van der Waals surface area contributed by atoms with Crippen molar-refractivity contribution in [3.05, 3.63) is 52.3 Å². The highest BCUT2D eigenvalue weighted by atomic mass is 35.5. The largest absolute Gasteiger partial charge is 0.333 e. The van der Waals surface area contributed by atoms with E-state index in [1.807, 2.05) is 12.1 Å². The summed E-state index contributed by atoms with van der Waals surface area (Å²) in [4.78, 5) is 11.7. The van der Waals surface area contributed by atoms with Gasteiger partial charge in [-0.15, -0.1) is 0 Å². The van der Waals surface area contributed by atoms with Crippen molar-refractivity contribution in [2.75, 3.05) is 0 Å². The molecule has 0 unspecified atom stereocenters. The average molecular weight is 310 g/mol. The van der Waals surface area contributed by atoms with E-state index in [1.54, 1.807) is 36.3 Å². The summed E-state index contributed by atoms with van der Waals surface area (Å²) in [5.41, 5.74) is 2.93. The lowest BCUT2D eigenvalue weighted by Crippen LogP contribution is -1.81. The number of thioether (sulfide) groups is 1. The van der Waals surface area contributed by atoms with Gasteiger partial charge >= 0.3 is 0 Å². The molecule has 0 saturated carbocycles. The molecule has 3 rings (SSSR count). The van der Waals surface area contributed by atoms with Gasteiger partial charge in [-0.1, -0.05) is 35.0 Å². The first-order valence-electron chi connectivity index (χ1n) is 5.59. The molecule has 0 spiro atoms. The fourth-order valence-electron chi connectivity index (χ4n) is 1.68. The number of nitrogens with one attached hydrogen (secondary N) is 1. The molecule has 0 bridgehead atoms. The summed E-state index contributed by atoms with van der Waals surface area (Å²) in [6, 6.07) is 7.54. The van der Waals surface area contributed by atoms with Crippen molar-refractivity contribution < 1.29 is 0 Å². The summed E-state index contributed by atoms with van der Waals surface area (Å²) >= 11 is 13.6. The van der Waals surface area contributed by atoms with Crippen LogP contribution >= 0.6 is 35.0 Å². The van der Waals surface area contributed by atoms with Crippen LogP contribution in [0.5, 0.6) is 0 Å². The van der Waals surface area contributed by atoms with Crippen molar-refractivity contribution in [1.82, 2.24) is 15.0 Å². The molecule has 19 heavy (non-hydrogen) atoms. The van der Waals surface area contributed by atoms with E-state index in [9.17, 15) is 0 Å². The Labute approximate surface area is 124 Å². The number of nitrogens with zero attached hydrogens (tertiary/aromatic N) is 2. The monoisotopic (exact) mass is 309 g/mol. The number of hydrogen-bond acceptors (Lipinski definition) is 3. The second kappa shape index (κ2) is 5.41. The molecule has 0 aliphatic heterocycles. The zero-order chi connectivity index (χ0) is 13.2. The van der Waals surface area contributed by atoms with Gasteiger partial charge in [-0.25, -0.2) is 4.98 Å². The summed E-state index contributed by atoms with van der Waals surface area (Å²) in [5, 5.41) is 1.90. The van der Waals surface area contributed by atoms with Gasteiger partial charge in [0.25, 0.3) is 0 Å². The Morgan fingerprint density at radius 1 is 1.11 bits per heavy atom. The van der Waals surface area contributed by atoms with Crippen LogP contribution in [0.1, 0.15) is 5.56 Å². The molecule has 0 aliphatic rings. The number of hydrogen-bond donors (Lipinski definition) is 1. The average Bonchev–Trinajstić information content (AvgIpc) is 2.80. The SMILES string of the molecule is Clc1cc2nc(SCc3ccncc3)[nH]c2cc1Cl. The maximum Gasteiger partial charge on any atom is 0.166 e. The lowest BCUT2D eigenvalue weighted by molar-refractivity contribution is 1.08. The van der Waals surface area contributed by atoms with Gasteiger partial charge in [0.2, 0.25) is 0 Å². The molecule has 0 radical (unpaired) electrons. The first kappa shape index (κ1) is 12.8. The Morgan fingerprint density at radius 2 is 1.84 bits per heavy atom. The van der Waals surface area contributed by atoms with E-state index in [-0.39, 0.29) is 0 Å². The predicted molar refractivity (Wildman–Crippen MR) is 79.9 cm³/mol. The summed E-state index contributed by atoms with van der Waals surface area (Å²) in [6.07, 6.45) is 3.57. The van der Waals surface area contributed by atoms with Crippen molar-refractivity contribution in [3.8, 4) is 0 Å². The lowest BCUT2D eigenvalue weighted by Gasteiger charge is -1.97. The van der Waals surface area contributed by atoms with Crippen LogP contribution in [0.15, 0.2) is 41.8 Å². The number of H-pyrrole nitrogens is 1. The first-order valence-corrected chi connectivity index (χ1v) is 7.33. The van der Waals surface area contributed by atoms with E-state index in [0.717, 1.165) is 21.9 Å². The van der Waals surface area contributed by atoms with Crippen molar-refractivity contribution >= 4 is 46.0 Å². The molecule has 3 nitrogen and oxygen atoms in total. The fraction of sp³-hybridized carbons (Fsp3) is 0.0769. The van der Waals surface area contributed by atoms with Crippen molar-refractivity contribution in [2.45, 2.75) is 10.9 Å². The molecule has 2 aromatic heterocycles. The Kier molecular flexibility index (Phi) is 3.64. The topological polar surface area (TPSA) is 41.6 Å². The predicted octanol–water partition coefficient (Wildman–Crippen LogP) is 4.56. The minimum Gasteiger partial charge on any atom is -0.333 e. The fourth-order valence-corrected chi connectivity index (χ4v) is 2.84. The molecule has 2 heterocycles. The van der Waals surface area contributed by atoms with Gasteiger partial charge in [0.05, 0.1) is 21.1 Å². The van der Waals surface area contributed by atoms with E-state index in [2.05, 4.69) is 15.0 Å². The van der Waals surface area contributed by atoms with Gasteiger partial charge in [0.1, 0.15) is 0 Å². The summed E-state index contributed by atoms with van der Waals surface area (Å²) < 4.78 is 0. The molecule has 0 fully saturated rings. The van der Waals surface area contributed by atoms with E-state index in [1.165, 1.54) is 5.56 Å². The molecule has 0 saturated heterocycles. The molecule has 96 valence electrons. The number of benzene rings is 1. The van der Waals surface area contributed by atoms with Crippen LogP contribution in [-0.2, 0) is 5.75 Å². The van der Waals surface area contributed by atoms with Crippen LogP contribution in [0, 0.1) is 0 Å². The van der Waals surface area contributed by atoms with Gasteiger partial charge in [0.15, 0.2) is 5.16 Å². The summed E-state index contributed by atoms with van der Waals surface area (Å²) in [5.74, 6) is 0.837. The molecular formula is C13H9Cl2N3S. The highest BCUT2D eigenvalue weighted by Crippen LogP contribution is 2.29. The van der Waals surface area contributed by atoms with Crippen LogP contribution in [0.3, 0.4) is 0 Å². The Bertz CT molecular complexity index is 673. The summed E-state index contributed by atoms with van der Waals surface area (Å²) in [7, 11) is 0. The van der Waals surface area contributed by atoms with Crippen LogP contribution in [0.4, 0.5) is 0 Å². The molecular weight excluding hydrogens is 301 g/mol. The smallest absolute Gasteiger partial charge is 0.166 e.